The minimum atomic E-state index is -1.28. The molecule has 0 radical (unpaired) electrons. The van der Waals surface area contributed by atoms with E-state index in [1.54, 1.807) is 24.3 Å². The topological polar surface area (TPSA) is 123 Å². The van der Waals surface area contributed by atoms with Crippen molar-refractivity contribution in [3.8, 4) is 0 Å². The van der Waals surface area contributed by atoms with E-state index in [0.717, 1.165) is 0 Å². The van der Waals surface area contributed by atoms with Gasteiger partial charge in [0.1, 0.15) is 5.60 Å². The molecule has 0 aliphatic heterocycles. The van der Waals surface area contributed by atoms with Gasteiger partial charge in [-0.15, -0.1) is 0 Å². The molecule has 0 fully saturated rings. The Hall–Kier alpha value is -2.73. The fraction of sp³-hybridized carbons (Fsp3) is 0.235. The summed E-state index contributed by atoms with van der Waals surface area (Å²) in [6, 6.07) is 8.78. The van der Waals surface area contributed by atoms with Crippen LogP contribution < -0.4 is 11.5 Å². The predicted molar refractivity (Wildman–Crippen MR) is 88.4 cm³/mol. The quantitative estimate of drug-likeness (QED) is 0.536. The van der Waals surface area contributed by atoms with Crippen molar-refractivity contribution in [2.24, 2.45) is 11.5 Å². The van der Waals surface area contributed by atoms with E-state index >= 15 is 0 Å². The number of ketones is 1. The molecule has 6 heteroatoms. The molecule has 0 saturated carbocycles. The zero-order valence-electron chi connectivity index (χ0n) is 13.3. The molecule has 1 rings (SSSR count). The summed E-state index contributed by atoms with van der Waals surface area (Å²) in [5, 5.41) is 9.39. The van der Waals surface area contributed by atoms with Gasteiger partial charge in [-0.05, 0) is 13.8 Å². The largest absolute Gasteiger partial charge is 0.382 e. The molecule has 2 amide bonds. The van der Waals surface area contributed by atoms with Gasteiger partial charge >= 0.3 is 0 Å². The Kier molecular flexibility index (Phi) is 7.62. The Morgan fingerprint density at radius 1 is 1.00 bits per heavy atom. The minimum Gasteiger partial charge on any atom is -0.382 e. The van der Waals surface area contributed by atoms with Crippen LogP contribution in [0, 0.1) is 0 Å². The summed E-state index contributed by atoms with van der Waals surface area (Å²) in [5.41, 5.74) is 9.24. The van der Waals surface area contributed by atoms with Gasteiger partial charge in [-0.3, -0.25) is 14.4 Å². The Bertz CT molecular complexity index is 589. The molecule has 0 aliphatic rings. The van der Waals surface area contributed by atoms with Crippen molar-refractivity contribution in [3.63, 3.8) is 0 Å². The first-order chi connectivity index (χ1) is 10.5. The van der Waals surface area contributed by atoms with Crippen LogP contribution in [0.5, 0.6) is 0 Å². The lowest BCUT2D eigenvalue weighted by atomic mass is 9.97. The molecule has 0 aliphatic carbocycles. The van der Waals surface area contributed by atoms with Gasteiger partial charge in [-0.2, -0.15) is 0 Å². The fourth-order valence-corrected chi connectivity index (χ4v) is 1.37. The van der Waals surface area contributed by atoms with E-state index in [0.29, 0.717) is 5.56 Å². The number of hydrogen-bond acceptors (Lipinski definition) is 4. The summed E-state index contributed by atoms with van der Waals surface area (Å²) >= 11 is 0. The smallest absolute Gasteiger partial charge is 0.244 e. The number of Topliss-reactive ketones (excluding diaryl/α,β-unsaturated/α-hetero) is 1. The number of carbonyl (C=O) groups is 3. The van der Waals surface area contributed by atoms with Crippen LogP contribution in [0.2, 0.25) is 0 Å². The number of nitrogens with two attached hydrogens (primary N) is 2. The molecule has 0 bridgehead atoms. The average Bonchev–Trinajstić information content (AvgIpc) is 2.46. The van der Waals surface area contributed by atoms with Crippen LogP contribution in [0.4, 0.5) is 0 Å². The second kappa shape index (κ2) is 8.65. The number of aliphatic hydroxyl groups is 1. The standard InChI is InChI=1S/C10H12O2.C7H10N2O2/c1-10(2,12)9(11)8-6-4-3-5-7-8;1-4(6(8)10)3-5(2)7(9)11/h3-7,12H,1-2H3;1-3H2,(H2,8,10)(H2,9,11). The average molecular weight is 318 g/mol. The van der Waals surface area contributed by atoms with Crippen molar-refractivity contribution in [2.45, 2.75) is 25.9 Å². The van der Waals surface area contributed by atoms with Crippen molar-refractivity contribution >= 4 is 17.6 Å². The normalized spacial score (nSPS) is 10.0. The highest BCUT2D eigenvalue weighted by molar-refractivity contribution is 6.01. The molecule has 1 aromatic carbocycles. The van der Waals surface area contributed by atoms with Crippen LogP contribution in [0.15, 0.2) is 54.6 Å². The highest BCUT2D eigenvalue weighted by Crippen LogP contribution is 2.11. The molecular formula is C17H22N2O4. The maximum absolute atomic E-state index is 11.4. The number of amides is 2. The molecule has 23 heavy (non-hydrogen) atoms. The lowest BCUT2D eigenvalue weighted by molar-refractivity contribution is -0.114. The molecule has 1 aromatic rings. The SMILES string of the molecule is C=C(CC(=C)C(N)=O)C(N)=O.CC(C)(O)C(=O)c1ccccc1. The molecule has 124 valence electrons. The Morgan fingerprint density at radius 2 is 1.39 bits per heavy atom. The third-order valence-corrected chi connectivity index (χ3v) is 2.72. The summed E-state index contributed by atoms with van der Waals surface area (Å²) < 4.78 is 0. The monoisotopic (exact) mass is 318 g/mol. The number of primary amides is 2. The minimum absolute atomic E-state index is 0.0463. The number of benzene rings is 1. The summed E-state index contributed by atoms with van der Waals surface area (Å²) in [5.74, 6) is -1.54. The first-order valence-electron chi connectivity index (χ1n) is 6.74. The van der Waals surface area contributed by atoms with Crippen molar-refractivity contribution < 1.29 is 19.5 Å². The number of rotatable bonds is 6. The summed E-state index contributed by atoms with van der Waals surface area (Å²) in [6.45, 7) is 9.64. The molecule has 0 spiro atoms. The number of hydrogen-bond donors (Lipinski definition) is 3. The summed E-state index contributed by atoms with van der Waals surface area (Å²) in [7, 11) is 0. The van der Waals surface area contributed by atoms with Gasteiger partial charge < -0.3 is 16.6 Å². The molecule has 5 N–H and O–H groups in total. The first-order valence-corrected chi connectivity index (χ1v) is 6.74. The molecule has 0 unspecified atom stereocenters. The van der Waals surface area contributed by atoms with Gasteiger partial charge in [0.2, 0.25) is 11.8 Å². The second-order valence-corrected chi connectivity index (χ2v) is 5.37. The predicted octanol–water partition coefficient (Wildman–Crippen LogP) is 1.10. The molecule has 0 aromatic heterocycles. The fourth-order valence-electron chi connectivity index (χ4n) is 1.37. The summed E-state index contributed by atoms with van der Waals surface area (Å²) in [6.07, 6.45) is 0.0463. The zero-order valence-corrected chi connectivity index (χ0v) is 13.3. The lowest BCUT2D eigenvalue weighted by Gasteiger charge is -2.14. The van der Waals surface area contributed by atoms with Gasteiger partial charge in [-0.1, -0.05) is 43.5 Å². The third-order valence-electron chi connectivity index (χ3n) is 2.72. The molecule has 0 saturated heterocycles. The molecule has 0 atom stereocenters. The van der Waals surface area contributed by atoms with Crippen LogP contribution in [0.3, 0.4) is 0 Å². The van der Waals surface area contributed by atoms with Crippen molar-refractivity contribution in [1.29, 1.82) is 0 Å². The van der Waals surface area contributed by atoms with Crippen molar-refractivity contribution in [2.75, 3.05) is 0 Å². The van der Waals surface area contributed by atoms with Crippen LogP contribution >= 0.6 is 0 Å². The van der Waals surface area contributed by atoms with Crippen LogP contribution in [-0.2, 0) is 9.59 Å². The molecule has 0 heterocycles. The highest BCUT2D eigenvalue weighted by Gasteiger charge is 2.24. The Morgan fingerprint density at radius 3 is 1.70 bits per heavy atom. The van der Waals surface area contributed by atoms with Crippen molar-refractivity contribution in [3.05, 3.63) is 60.2 Å². The van der Waals surface area contributed by atoms with Crippen LogP contribution in [-0.4, -0.2) is 28.3 Å². The van der Waals surface area contributed by atoms with Crippen LogP contribution in [0.25, 0.3) is 0 Å². The third kappa shape index (κ3) is 7.73. The molecular weight excluding hydrogens is 296 g/mol. The van der Waals surface area contributed by atoms with E-state index in [1.807, 2.05) is 6.07 Å². The van der Waals surface area contributed by atoms with E-state index in [2.05, 4.69) is 13.2 Å². The highest BCUT2D eigenvalue weighted by atomic mass is 16.3. The lowest BCUT2D eigenvalue weighted by Crippen LogP contribution is -2.30. The van der Waals surface area contributed by atoms with Gasteiger partial charge in [0.15, 0.2) is 5.78 Å². The first kappa shape index (κ1) is 20.3. The maximum atomic E-state index is 11.4. The Labute approximate surface area is 135 Å². The second-order valence-electron chi connectivity index (χ2n) is 5.37. The van der Waals surface area contributed by atoms with Crippen LogP contribution in [0.1, 0.15) is 30.6 Å². The maximum Gasteiger partial charge on any atom is 0.244 e. The van der Waals surface area contributed by atoms with E-state index < -0.39 is 17.4 Å². The summed E-state index contributed by atoms with van der Waals surface area (Å²) in [4.78, 5) is 32.2. The van der Waals surface area contributed by atoms with Gasteiger partial charge in [0, 0.05) is 23.1 Å². The van der Waals surface area contributed by atoms with E-state index in [1.165, 1.54) is 13.8 Å². The van der Waals surface area contributed by atoms with Gasteiger partial charge in [0.05, 0.1) is 0 Å². The van der Waals surface area contributed by atoms with E-state index in [4.69, 9.17) is 11.5 Å². The van der Waals surface area contributed by atoms with Gasteiger partial charge in [-0.25, -0.2) is 0 Å². The molecule has 6 nitrogen and oxygen atoms in total. The van der Waals surface area contributed by atoms with E-state index in [-0.39, 0.29) is 23.4 Å². The van der Waals surface area contributed by atoms with Gasteiger partial charge in [0.25, 0.3) is 0 Å². The Balaban J connectivity index is 0.000000423. The zero-order chi connectivity index (χ0) is 18.2. The number of carbonyl (C=O) groups excluding carboxylic acids is 3. The van der Waals surface area contributed by atoms with Crippen molar-refractivity contribution in [1.82, 2.24) is 0 Å². The van der Waals surface area contributed by atoms with E-state index in [9.17, 15) is 19.5 Å².